The molecule has 0 heterocycles. The smallest absolute Gasteiger partial charge is 0.253 e. The summed E-state index contributed by atoms with van der Waals surface area (Å²) in [4.78, 5) is 13.6. The summed E-state index contributed by atoms with van der Waals surface area (Å²) in [6, 6.07) is 8.43. The summed E-state index contributed by atoms with van der Waals surface area (Å²) in [6.45, 7) is 0. The van der Waals surface area contributed by atoms with Gasteiger partial charge in [0.05, 0.1) is 0 Å². The highest BCUT2D eigenvalue weighted by atomic mass is 16.2. The number of benzene rings is 1. The van der Waals surface area contributed by atoms with Gasteiger partial charge in [0.15, 0.2) is 0 Å². The third kappa shape index (κ3) is 4.26. The fraction of sp³-hybridized carbons (Fsp3) is 0.588. The molecule has 3 heteroatoms. The molecule has 0 atom stereocenters. The van der Waals surface area contributed by atoms with Crippen molar-refractivity contribution in [2.75, 3.05) is 19.4 Å². The third-order valence-corrected chi connectivity index (χ3v) is 3.99. The first kappa shape index (κ1) is 14.9. The van der Waals surface area contributed by atoms with E-state index in [1.54, 1.807) is 19.0 Å². The average molecular weight is 274 g/mol. The van der Waals surface area contributed by atoms with Gasteiger partial charge in [-0.15, -0.1) is 0 Å². The maximum atomic E-state index is 12.0. The number of anilines is 1. The zero-order valence-electron chi connectivity index (χ0n) is 12.7. The predicted octanol–water partition coefficient (Wildman–Crippen LogP) is 3.91. The number of hydrogen-bond donors (Lipinski definition) is 1. The largest absolute Gasteiger partial charge is 0.382 e. The molecule has 110 valence electrons. The molecule has 1 aliphatic carbocycles. The van der Waals surface area contributed by atoms with E-state index in [1.807, 2.05) is 18.2 Å². The fourth-order valence-electron chi connectivity index (χ4n) is 2.84. The van der Waals surface area contributed by atoms with Crippen molar-refractivity contribution >= 4 is 11.6 Å². The molecule has 1 aromatic carbocycles. The Kier molecular flexibility index (Phi) is 5.45. The lowest BCUT2D eigenvalue weighted by atomic mass is 9.96. The van der Waals surface area contributed by atoms with Crippen molar-refractivity contribution in [3.05, 3.63) is 29.8 Å². The molecule has 1 aromatic rings. The minimum atomic E-state index is 0.0614. The van der Waals surface area contributed by atoms with Crippen LogP contribution in [0.3, 0.4) is 0 Å². The second-order valence-electron chi connectivity index (χ2n) is 5.97. The van der Waals surface area contributed by atoms with Crippen LogP contribution in [0.2, 0.25) is 0 Å². The Bertz CT molecular complexity index is 434. The van der Waals surface area contributed by atoms with Crippen molar-refractivity contribution in [1.82, 2.24) is 4.90 Å². The van der Waals surface area contributed by atoms with E-state index in [9.17, 15) is 4.79 Å². The Morgan fingerprint density at radius 1 is 1.10 bits per heavy atom. The molecule has 3 nitrogen and oxygen atoms in total. The molecule has 1 amide bonds. The number of rotatable bonds is 3. The Balaban J connectivity index is 2.01. The highest BCUT2D eigenvalue weighted by molar-refractivity contribution is 5.94. The van der Waals surface area contributed by atoms with Crippen LogP contribution in [0, 0.1) is 0 Å². The van der Waals surface area contributed by atoms with E-state index in [0.29, 0.717) is 6.04 Å². The van der Waals surface area contributed by atoms with Gasteiger partial charge >= 0.3 is 0 Å². The van der Waals surface area contributed by atoms with Crippen molar-refractivity contribution in [2.24, 2.45) is 0 Å². The van der Waals surface area contributed by atoms with Gasteiger partial charge in [-0.05, 0) is 31.0 Å². The number of nitrogens with one attached hydrogen (secondary N) is 1. The molecule has 0 bridgehead atoms. The summed E-state index contributed by atoms with van der Waals surface area (Å²) in [6.07, 6.45) is 9.22. The molecule has 20 heavy (non-hydrogen) atoms. The lowest BCUT2D eigenvalue weighted by Gasteiger charge is -2.22. The first-order chi connectivity index (χ1) is 9.66. The fourth-order valence-corrected chi connectivity index (χ4v) is 2.84. The second kappa shape index (κ2) is 7.32. The summed E-state index contributed by atoms with van der Waals surface area (Å²) in [5.74, 6) is 0.0614. The molecule has 2 rings (SSSR count). The van der Waals surface area contributed by atoms with Crippen LogP contribution in [-0.2, 0) is 0 Å². The Labute approximate surface area is 122 Å². The first-order valence-electron chi connectivity index (χ1n) is 7.75. The summed E-state index contributed by atoms with van der Waals surface area (Å²) in [7, 11) is 3.58. The van der Waals surface area contributed by atoms with Crippen LogP contribution < -0.4 is 5.32 Å². The van der Waals surface area contributed by atoms with Gasteiger partial charge in [0.1, 0.15) is 0 Å². The van der Waals surface area contributed by atoms with Crippen molar-refractivity contribution in [3.8, 4) is 0 Å². The van der Waals surface area contributed by atoms with Crippen molar-refractivity contribution in [1.29, 1.82) is 0 Å². The molecular formula is C17H26N2O. The number of nitrogens with zero attached hydrogens (tertiary/aromatic N) is 1. The molecule has 0 saturated heterocycles. The van der Waals surface area contributed by atoms with Crippen LogP contribution in [0.4, 0.5) is 5.69 Å². The SMILES string of the molecule is CN(C)C(=O)c1cccc(NC2CCCCCCC2)c1. The van der Waals surface area contributed by atoms with E-state index in [2.05, 4.69) is 11.4 Å². The van der Waals surface area contributed by atoms with Crippen molar-refractivity contribution in [3.63, 3.8) is 0 Å². The van der Waals surface area contributed by atoms with E-state index < -0.39 is 0 Å². The molecule has 1 fully saturated rings. The van der Waals surface area contributed by atoms with Crippen LogP contribution in [0.5, 0.6) is 0 Å². The van der Waals surface area contributed by atoms with Gasteiger partial charge in [-0.1, -0.05) is 38.2 Å². The molecule has 1 aliphatic rings. The average Bonchev–Trinajstić information content (AvgIpc) is 2.41. The van der Waals surface area contributed by atoms with Gasteiger partial charge in [0, 0.05) is 31.4 Å². The maximum Gasteiger partial charge on any atom is 0.253 e. The summed E-state index contributed by atoms with van der Waals surface area (Å²) >= 11 is 0. The maximum absolute atomic E-state index is 12.0. The Morgan fingerprint density at radius 3 is 2.40 bits per heavy atom. The molecule has 0 radical (unpaired) electrons. The van der Waals surface area contributed by atoms with Gasteiger partial charge in [0.25, 0.3) is 5.91 Å². The quantitative estimate of drug-likeness (QED) is 0.906. The Hall–Kier alpha value is -1.51. The standard InChI is InChI=1S/C17H26N2O/c1-19(2)17(20)14-9-8-12-16(13-14)18-15-10-6-4-3-5-7-11-15/h8-9,12-13,15,18H,3-7,10-11H2,1-2H3. The molecule has 0 unspecified atom stereocenters. The number of hydrogen-bond acceptors (Lipinski definition) is 2. The van der Waals surface area contributed by atoms with Gasteiger partial charge in [-0.3, -0.25) is 4.79 Å². The summed E-state index contributed by atoms with van der Waals surface area (Å²) < 4.78 is 0. The summed E-state index contributed by atoms with van der Waals surface area (Å²) in [5.41, 5.74) is 1.83. The van der Waals surface area contributed by atoms with E-state index in [1.165, 1.54) is 44.9 Å². The lowest BCUT2D eigenvalue weighted by molar-refractivity contribution is 0.0827. The predicted molar refractivity (Wildman–Crippen MR) is 84.2 cm³/mol. The minimum absolute atomic E-state index is 0.0614. The number of carbonyl (C=O) groups excluding carboxylic acids is 1. The number of carbonyl (C=O) groups is 1. The Morgan fingerprint density at radius 2 is 1.75 bits per heavy atom. The lowest BCUT2D eigenvalue weighted by Crippen LogP contribution is -2.23. The van der Waals surface area contributed by atoms with E-state index in [4.69, 9.17) is 0 Å². The molecule has 1 N–H and O–H groups in total. The van der Waals surface area contributed by atoms with Gasteiger partial charge in [-0.25, -0.2) is 0 Å². The van der Waals surface area contributed by atoms with Crippen molar-refractivity contribution in [2.45, 2.75) is 51.0 Å². The molecule has 0 aromatic heterocycles. The topological polar surface area (TPSA) is 32.3 Å². The summed E-state index contributed by atoms with van der Waals surface area (Å²) in [5, 5.41) is 3.61. The number of amides is 1. The van der Waals surface area contributed by atoms with Crippen molar-refractivity contribution < 1.29 is 4.79 Å². The zero-order chi connectivity index (χ0) is 14.4. The monoisotopic (exact) mass is 274 g/mol. The first-order valence-corrected chi connectivity index (χ1v) is 7.75. The highest BCUT2D eigenvalue weighted by Crippen LogP contribution is 2.21. The van der Waals surface area contributed by atoms with Gasteiger partial charge < -0.3 is 10.2 Å². The minimum Gasteiger partial charge on any atom is -0.382 e. The van der Waals surface area contributed by atoms with Crippen LogP contribution in [0.25, 0.3) is 0 Å². The van der Waals surface area contributed by atoms with E-state index >= 15 is 0 Å². The van der Waals surface area contributed by atoms with Crippen LogP contribution >= 0.6 is 0 Å². The van der Waals surface area contributed by atoms with Gasteiger partial charge in [-0.2, -0.15) is 0 Å². The molecule has 1 saturated carbocycles. The molecular weight excluding hydrogens is 248 g/mol. The molecule has 0 spiro atoms. The van der Waals surface area contributed by atoms with E-state index in [-0.39, 0.29) is 5.91 Å². The normalized spacial score (nSPS) is 17.1. The van der Waals surface area contributed by atoms with E-state index in [0.717, 1.165) is 11.3 Å². The highest BCUT2D eigenvalue weighted by Gasteiger charge is 2.12. The van der Waals surface area contributed by atoms with Crippen LogP contribution in [-0.4, -0.2) is 30.9 Å². The zero-order valence-corrected chi connectivity index (χ0v) is 12.7. The van der Waals surface area contributed by atoms with Gasteiger partial charge in [0.2, 0.25) is 0 Å². The second-order valence-corrected chi connectivity index (χ2v) is 5.97. The van der Waals surface area contributed by atoms with Crippen LogP contribution in [0.15, 0.2) is 24.3 Å². The third-order valence-electron chi connectivity index (χ3n) is 3.99. The van der Waals surface area contributed by atoms with Crippen LogP contribution in [0.1, 0.15) is 55.3 Å². The molecule has 0 aliphatic heterocycles.